The minimum atomic E-state index is -2.00. The van der Waals surface area contributed by atoms with Crippen LogP contribution in [0.25, 0.3) is 0 Å². The van der Waals surface area contributed by atoms with Crippen LogP contribution in [0.4, 0.5) is 0 Å². The van der Waals surface area contributed by atoms with Crippen LogP contribution in [0.5, 0.6) is 0 Å². The highest BCUT2D eigenvalue weighted by atomic mass is 32.2. The average molecular weight is 253 g/mol. The highest BCUT2D eigenvalue weighted by Crippen LogP contribution is 2.21. The number of carbonyl (C=O) groups excluding carboxylic acids is 1. The van der Waals surface area contributed by atoms with Crippen LogP contribution in [0.1, 0.15) is 12.5 Å². The molecule has 0 aliphatic heterocycles. The highest BCUT2D eigenvalue weighted by molar-refractivity contribution is 7.79. The molecule has 0 bridgehead atoms. The van der Waals surface area contributed by atoms with E-state index in [2.05, 4.69) is 11.9 Å². The number of amides is 1. The van der Waals surface area contributed by atoms with Gasteiger partial charge >= 0.3 is 0 Å². The number of hydrogen-bond acceptors (Lipinski definition) is 2. The Balaban J connectivity index is 3.05. The molecule has 92 valence electrons. The monoisotopic (exact) mass is 253 g/mol. The zero-order valence-electron chi connectivity index (χ0n) is 9.55. The largest absolute Gasteiger partial charge is 0.342 e. The van der Waals surface area contributed by atoms with Crippen molar-refractivity contribution in [3.8, 4) is 0 Å². The Labute approximate surface area is 103 Å². The van der Waals surface area contributed by atoms with E-state index in [1.165, 1.54) is 0 Å². The first kappa shape index (κ1) is 13.6. The van der Waals surface area contributed by atoms with Crippen molar-refractivity contribution in [3.63, 3.8) is 0 Å². The molecule has 4 nitrogen and oxygen atoms in total. The van der Waals surface area contributed by atoms with Gasteiger partial charge in [-0.3, -0.25) is 4.79 Å². The predicted molar refractivity (Wildman–Crippen MR) is 67.8 cm³/mol. The standard InChI is InChI=1S/C12H15NO3S/c1-3-11(14)13-12(2,9-17(15)16)10-7-5-4-6-8-10/h3-8H,1,9H2,2H3,(H,13,14)(H,15,16). The van der Waals surface area contributed by atoms with Crippen molar-refractivity contribution < 1.29 is 13.6 Å². The van der Waals surface area contributed by atoms with Crippen molar-refractivity contribution in [2.75, 3.05) is 5.75 Å². The lowest BCUT2D eigenvalue weighted by molar-refractivity contribution is -0.118. The zero-order chi connectivity index (χ0) is 12.9. The van der Waals surface area contributed by atoms with Crippen LogP contribution in [0.2, 0.25) is 0 Å². The summed E-state index contributed by atoms with van der Waals surface area (Å²) in [7, 11) is 0. The Hall–Kier alpha value is -1.46. The molecular weight excluding hydrogens is 238 g/mol. The molecule has 5 heteroatoms. The van der Waals surface area contributed by atoms with E-state index in [0.717, 1.165) is 11.6 Å². The summed E-state index contributed by atoms with van der Waals surface area (Å²) in [5.41, 5.74) is -0.107. The lowest BCUT2D eigenvalue weighted by Gasteiger charge is -2.29. The van der Waals surface area contributed by atoms with Gasteiger partial charge in [0.25, 0.3) is 0 Å². The molecule has 1 aromatic carbocycles. The van der Waals surface area contributed by atoms with Crippen LogP contribution in [-0.4, -0.2) is 20.4 Å². The van der Waals surface area contributed by atoms with Gasteiger partial charge in [-0.25, -0.2) is 4.21 Å². The van der Waals surface area contributed by atoms with Crippen LogP contribution in [0.15, 0.2) is 43.0 Å². The van der Waals surface area contributed by atoms with E-state index in [1.807, 2.05) is 18.2 Å². The molecule has 1 rings (SSSR count). The second-order valence-electron chi connectivity index (χ2n) is 3.86. The van der Waals surface area contributed by atoms with Gasteiger partial charge in [-0.2, -0.15) is 0 Å². The second kappa shape index (κ2) is 5.75. The van der Waals surface area contributed by atoms with Crippen molar-refractivity contribution in [2.45, 2.75) is 12.5 Å². The van der Waals surface area contributed by atoms with Gasteiger partial charge in [0.2, 0.25) is 5.91 Å². The summed E-state index contributed by atoms with van der Waals surface area (Å²) in [5.74, 6) is -0.446. The molecule has 1 aromatic rings. The van der Waals surface area contributed by atoms with Gasteiger partial charge in [0, 0.05) is 0 Å². The normalized spacial score (nSPS) is 15.6. The molecule has 0 saturated carbocycles. The van der Waals surface area contributed by atoms with Crippen molar-refractivity contribution in [1.29, 1.82) is 0 Å². The van der Waals surface area contributed by atoms with Crippen LogP contribution in [-0.2, 0) is 21.4 Å². The van der Waals surface area contributed by atoms with Gasteiger partial charge in [-0.05, 0) is 18.6 Å². The van der Waals surface area contributed by atoms with E-state index < -0.39 is 16.6 Å². The maximum Gasteiger partial charge on any atom is 0.244 e. The third kappa shape index (κ3) is 3.80. The first-order chi connectivity index (χ1) is 7.98. The van der Waals surface area contributed by atoms with E-state index >= 15 is 0 Å². The number of carbonyl (C=O) groups is 1. The number of hydrogen-bond donors (Lipinski definition) is 2. The topological polar surface area (TPSA) is 66.4 Å². The minimum Gasteiger partial charge on any atom is -0.342 e. The summed E-state index contributed by atoms with van der Waals surface area (Å²) < 4.78 is 20.0. The van der Waals surface area contributed by atoms with E-state index in [-0.39, 0.29) is 11.7 Å². The van der Waals surface area contributed by atoms with E-state index in [4.69, 9.17) is 4.55 Å². The van der Waals surface area contributed by atoms with Gasteiger partial charge in [0.1, 0.15) is 0 Å². The molecule has 2 atom stereocenters. The van der Waals surface area contributed by atoms with Crippen LogP contribution < -0.4 is 5.32 Å². The summed E-state index contributed by atoms with van der Waals surface area (Å²) in [6, 6.07) is 9.07. The fourth-order valence-electron chi connectivity index (χ4n) is 1.57. The molecule has 0 radical (unpaired) electrons. The first-order valence-electron chi connectivity index (χ1n) is 5.05. The molecule has 0 aliphatic carbocycles. The van der Waals surface area contributed by atoms with Crippen molar-refractivity contribution in [2.24, 2.45) is 0 Å². The SMILES string of the molecule is C=CC(=O)NC(C)(CS(=O)O)c1ccccc1. The highest BCUT2D eigenvalue weighted by Gasteiger charge is 2.29. The van der Waals surface area contributed by atoms with Crippen molar-refractivity contribution >= 4 is 17.0 Å². The lowest BCUT2D eigenvalue weighted by Crippen LogP contribution is -2.46. The third-order valence-corrected chi connectivity index (χ3v) is 3.23. The smallest absolute Gasteiger partial charge is 0.244 e. The molecule has 0 heterocycles. The molecule has 0 aromatic heterocycles. The summed E-state index contributed by atoms with van der Waals surface area (Å²) in [6.45, 7) is 5.07. The molecule has 2 unspecified atom stereocenters. The maximum atomic E-state index is 11.4. The van der Waals surface area contributed by atoms with Crippen molar-refractivity contribution in [3.05, 3.63) is 48.6 Å². The Morgan fingerprint density at radius 1 is 1.53 bits per heavy atom. The summed E-state index contributed by atoms with van der Waals surface area (Å²) >= 11 is -2.00. The molecule has 0 aliphatic rings. The second-order valence-corrected chi connectivity index (χ2v) is 4.79. The minimum absolute atomic E-state index is 0.0728. The van der Waals surface area contributed by atoms with E-state index in [0.29, 0.717) is 0 Å². The van der Waals surface area contributed by atoms with Gasteiger partial charge in [-0.15, -0.1) is 0 Å². The Kier molecular flexibility index (Phi) is 4.60. The van der Waals surface area contributed by atoms with Gasteiger partial charge in [-0.1, -0.05) is 36.9 Å². The van der Waals surface area contributed by atoms with Crippen LogP contribution in [0, 0.1) is 0 Å². The summed E-state index contributed by atoms with van der Waals surface area (Å²) in [5, 5.41) is 2.68. The van der Waals surface area contributed by atoms with E-state index in [1.54, 1.807) is 19.1 Å². The molecule has 2 N–H and O–H groups in total. The molecule has 1 amide bonds. The van der Waals surface area contributed by atoms with Gasteiger partial charge in [0.05, 0.1) is 11.3 Å². The lowest BCUT2D eigenvalue weighted by atomic mass is 9.94. The third-order valence-electron chi connectivity index (χ3n) is 2.41. The summed E-state index contributed by atoms with van der Waals surface area (Å²) in [6.07, 6.45) is 1.14. The molecular formula is C12H15NO3S. The first-order valence-corrected chi connectivity index (χ1v) is 6.33. The zero-order valence-corrected chi connectivity index (χ0v) is 10.4. The van der Waals surface area contributed by atoms with Crippen molar-refractivity contribution in [1.82, 2.24) is 5.32 Å². The number of rotatable bonds is 5. The quantitative estimate of drug-likeness (QED) is 0.616. The Morgan fingerprint density at radius 2 is 2.12 bits per heavy atom. The van der Waals surface area contributed by atoms with Crippen LogP contribution >= 0.6 is 0 Å². The number of nitrogens with one attached hydrogen (secondary N) is 1. The molecule has 17 heavy (non-hydrogen) atoms. The molecule has 0 fully saturated rings. The number of benzene rings is 1. The molecule has 0 spiro atoms. The maximum absolute atomic E-state index is 11.4. The molecule has 0 saturated heterocycles. The Bertz CT molecular complexity index is 433. The van der Waals surface area contributed by atoms with Crippen LogP contribution in [0.3, 0.4) is 0 Å². The summed E-state index contributed by atoms with van der Waals surface area (Å²) in [4.78, 5) is 11.4. The van der Waals surface area contributed by atoms with Gasteiger partial charge in [0.15, 0.2) is 11.1 Å². The average Bonchev–Trinajstić information content (AvgIpc) is 2.29. The fraction of sp³-hybridized carbons (Fsp3) is 0.250. The Morgan fingerprint density at radius 3 is 2.59 bits per heavy atom. The van der Waals surface area contributed by atoms with E-state index in [9.17, 15) is 9.00 Å². The fourth-order valence-corrected chi connectivity index (χ4v) is 2.30. The predicted octanol–water partition coefficient (Wildman–Crippen LogP) is 1.43. The van der Waals surface area contributed by atoms with Gasteiger partial charge < -0.3 is 9.87 Å².